The van der Waals surface area contributed by atoms with Crippen molar-refractivity contribution in [3.63, 3.8) is 0 Å². The number of carbonyl (C=O) groups excluding carboxylic acids is 2. The minimum atomic E-state index is -0.594. The van der Waals surface area contributed by atoms with Crippen molar-refractivity contribution in [2.75, 3.05) is 5.32 Å². The summed E-state index contributed by atoms with van der Waals surface area (Å²) in [5.41, 5.74) is 1.49. The molecule has 0 spiro atoms. The molecule has 2 aromatic rings. The van der Waals surface area contributed by atoms with Crippen LogP contribution in [-0.4, -0.2) is 22.2 Å². The molecule has 0 unspecified atom stereocenters. The number of nitrogens with one attached hydrogen (secondary N) is 2. The summed E-state index contributed by atoms with van der Waals surface area (Å²) in [5, 5.41) is 5.58. The first-order valence-electron chi connectivity index (χ1n) is 7.78. The van der Waals surface area contributed by atoms with E-state index < -0.39 is 5.25 Å². The summed E-state index contributed by atoms with van der Waals surface area (Å²) >= 11 is 7.02. The van der Waals surface area contributed by atoms with Crippen molar-refractivity contribution in [2.24, 2.45) is 4.99 Å². The van der Waals surface area contributed by atoms with Crippen molar-refractivity contribution >= 4 is 51.7 Å². The number of thioether (sulfide) groups is 1. The van der Waals surface area contributed by atoms with Gasteiger partial charge in [0.2, 0.25) is 11.8 Å². The van der Waals surface area contributed by atoms with Crippen molar-refractivity contribution in [1.29, 1.82) is 0 Å². The van der Waals surface area contributed by atoms with E-state index >= 15 is 0 Å². The van der Waals surface area contributed by atoms with Crippen LogP contribution in [0.1, 0.15) is 12.0 Å². The summed E-state index contributed by atoms with van der Waals surface area (Å²) in [6.07, 6.45) is -0.00963. The third-order valence-corrected chi connectivity index (χ3v) is 4.96. The van der Waals surface area contributed by atoms with Crippen molar-refractivity contribution in [3.8, 4) is 0 Å². The fraction of sp³-hybridized carbons (Fsp3) is 0.167. The van der Waals surface area contributed by atoms with Gasteiger partial charge in [0.25, 0.3) is 0 Å². The molecule has 1 saturated heterocycles. The third kappa shape index (κ3) is 4.62. The Hall–Kier alpha value is -2.38. The van der Waals surface area contributed by atoms with E-state index in [1.165, 1.54) is 6.07 Å². The van der Waals surface area contributed by atoms with Crippen LogP contribution in [0.3, 0.4) is 0 Å². The molecule has 26 heavy (non-hydrogen) atoms. The van der Waals surface area contributed by atoms with E-state index in [0.29, 0.717) is 27.1 Å². The van der Waals surface area contributed by atoms with Crippen LogP contribution in [0.2, 0.25) is 5.02 Å². The van der Waals surface area contributed by atoms with Crippen molar-refractivity contribution < 1.29 is 14.0 Å². The first-order chi connectivity index (χ1) is 12.4. The van der Waals surface area contributed by atoms with Gasteiger partial charge in [-0.1, -0.05) is 35.5 Å². The summed E-state index contributed by atoms with van der Waals surface area (Å²) in [4.78, 5) is 28.4. The molecule has 0 aliphatic carbocycles. The summed E-state index contributed by atoms with van der Waals surface area (Å²) < 4.78 is 13.6. The Morgan fingerprint density at radius 2 is 2.15 bits per heavy atom. The molecule has 1 aliphatic rings. The maximum absolute atomic E-state index is 13.6. The van der Waals surface area contributed by atoms with Crippen molar-refractivity contribution in [3.05, 3.63) is 58.9 Å². The second-order valence-electron chi connectivity index (χ2n) is 5.71. The summed E-state index contributed by atoms with van der Waals surface area (Å²) in [6.45, 7) is 1.66. The Bertz CT molecular complexity index is 904. The highest BCUT2D eigenvalue weighted by molar-refractivity contribution is 8.15. The number of carbonyl (C=O) groups is 2. The topological polar surface area (TPSA) is 70.6 Å². The van der Waals surface area contributed by atoms with Crippen LogP contribution >= 0.6 is 23.4 Å². The summed E-state index contributed by atoms with van der Waals surface area (Å²) in [5.74, 6) is -0.969. The number of rotatable bonds is 4. The fourth-order valence-corrected chi connectivity index (χ4v) is 3.49. The van der Waals surface area contributed by atoms with Crippen LogP contribution in [0.5, 0.6) is 0 Å². The Morgan fingerprint density at radius 1 is 1.35 bits per heavy atom. The molecule has 3 rings (SSSR count). The monoisotopic (exact) mass is 391 g/mol. The predicted octanol–water partition coefficient (Wildman–Crippen LogP) is 4.04. The van der Waals surface area contributed by atoms with Gasteiger partial charge in [-0.25, -0.2) is 9.38 Å². The normalized spacial score (nSPS) is 18.0. The van der Waals surface area contributed by atoms with Gasteiger partial charge in [0, 0.05) is 17.1 Å². The minimum Gasteiger partial charge on any atom is -0.326 e. The van der Waals surface area contributed by atoms with Gasteiger partial charge in [0.1, 0.15) is 11.1 Å². The fourth-order valence-electron chi connectivity index (χ4n) is 2.31. The highest BCUT2D eigenvalue weighted by Crippen LogP contribution is 2.26. The van der Waals surface area contributed by atoms with Gasteiger partial charge in [-0.2, -0.15) is 0 Å². The van der Waals surface area contributed by atoms with Gasteiger partial charge in [-0.05, 0) is 42.8 Å². The first-order valence-corrected chi connectivity index (χ1v) is 9.04. The van der Waals surface area contributed by atoms with E-state index in [0.717, 1.165) is 11.8 Å². The zero-order valence-corrected chi connectivity index (χ0v) is 15.3. The smallest absolute Gasteiger partial charge is 0.240 e. The number of aryl methyl sites for hydroxylation is 1. The SMILES string of the molecule is Cc1ccc(N=C2NC(=O)[C@@H](CC(=O)Nc3cccc(Cl)c3)S2)cc1F. The number of amides is 2. The highest BCUT2D eigenvalue weighted by atomic mass is 35.5. The first kappa shape index (κ1) is 18.4. The number of benzene rings is 2. The number of nitrogens with zero attached hydrogens (tertiary/aromatic N) is 1. The molecule has 8 heteroatoms. The molecule has 2 aromatic carbocycles. The van der Waals surface area contributed by atoms with E-state index in [9.17, 15) is 14.0 Å². The quantitative estimate of drug-likeness (QED) is 0.826. The van der Waals surface area contributed by atoms with Crippen LogP contribution in [0, 0.1) is 12.7 Å². The average Bonchev–Trinajstić information content (AvgIpc) is 2.90. The lowest BCUT2D eigenvalue weighted by Gasteiger charge is -2.07. The molecule has 0 bridgehead atoms. The van der Waals surface area contributed by atoms with Gasteiger partial charge in [0.05, 0.1) is 5.69 Å². The molecule has 0 saturated carbocycles. The van der Waals surface area contributed by atoms with Crippen LogP contribution in [0.4, 0.5) is 15.8 Å². The zero-order valence-electron chi connectivity index (χ0n) is 13.8. The number of hydrogen-bond acceptors (Lipinski definition) is 4. The molecule has 5 nitrogen and oxygen atoms in total. The van der Waals surface area contributed by atoms with Crippen molar-refractivity contribution in [1.82, 2.24) is 5.32 Å². The molecule has 0 aromatic heterocycles. The number of hydrogen-bond donors (Lipinski definition) is 2. The second kappa shape index (κ2) is 7.88. The predicted molar refractivity (Wildman–Crippen MR) is 102 cm³/mol. The number of amidine groups is 1. The molecule has 1 atom stereocenters. The summed E-state index contributed by atoms with van der Waals surface area (Å²) in [6, 6.07) is 11.3. The summed E-state index contributed by atoms with van der Waals surface area (Å²) in [7, 11) is 0. The standard InChI is InChI=1S/C18H15ClFN3O2S/c1-10-5-6-13(8-14(10)20)22-18-23-17(25)15(26-18)9-16(24)21-12-4-2-3-11(19)7-12/h2-8,15H,9H2,1H3,(H,21,24)(H,22,23,25)/t15-/m1/s1. The van der Waals surface area contributed by atoms with E-state index in [-0.39, 0.29) is 24.1 Å². The lowest BCUT2D eigenvalue weighted by molar-refractivity contribution is -0.122. The van der Waals surface area contributed by atoms with Crippen LogP contribution < -0.4 is 10.6 Å². The Balaban J connectivity index is 1.63. The second-order valence-corrected chi connectivity index (χ2v) is 7.34. The van der Waals surface area contributed by atoms with E-state index in [1.54, 1.807) is 43.3 Å². The third-order valence-electron chi connectivity index (χ3n) is 3.64. The average molecular weight is 392 g/mol. The van der Waals surface area contributed by atoms with E-state index in [1.807, 2.05) is 0 Å². The van der Waals surface area contributed by atoms with Gasteiger partial charge in [0.15, 0.2) is 5.17 Å². The van der Waals surface area contributed by atoms with Crippen LogP contribution in [0.25, 0.3) is 0 Å². The lowest BCUT2D eigenvalue weighted by atomic mass is 10.2. The highest BCUT2D eigenvalue weighted by Gasteiger charge is 2.32. The number of anilines is 1. The number of aliphatic imine (C=N–C) groups is 1. The Morgan fingerprint density at radius 3 is 2.88 bits per heavy atom. The molecule has 1 aliphatic heterocycles. The molecule has 0 radical (unpaired) electrons. The molecule has 2 amide bonds. The molecule has 1 heterocycles. The molecule has 2 N–H and O–H groups in total. The maximum atomic E-state index is 13.6. The molecular weight excluding hydrogens is 377 g/mol. The zero-order chi connectivity index (χ0) is 18.7. The molecule has 1 fully saturated rings. The van der Waals surface area contributed by atoms with Gasteiger partial charge >= 0.3 is 0 Å². The molecular formula is C18H15ClFN3O2S. The van der Waals surface area contributed by atoms with E-state index in [2.05, 4.69) is 15.6 Å². The van der Waals surface area contributed by atoms with E-state index in [4.69, 9.17) is 11.6 Å². The van der Waals surface area contributed by atoms with Gasteiger partial charge in [-0.15, -0.1) is 0 Å². The Kier molecular flexibility index (Phi) is 5.58. The van der Waals surface area contributed by atoms with Crippen molar-refractivity contribution in [2.45, 2.75) is 18.6 Å². The van der Waals surface area contributed by atoms with Gasteiger partial charge < -0.3 is 10.6 Å². The van der Waals surface area contributed by atoms with Crippen LogP contribution in [-0.2, 0) is 9.59 Å². The van der Waals surface area contributed by atoms with Crippen LogP contribution in [0.15, 0.2) is 47.5 Å². The number of halogens is 2. The molecule has 134 valence electrons. The maximum Gasteiger partial charge on any atom is 0.240 e. The lowest BCUT2D eigenvalue weighted by Crippen LogP contribution is -2.28. The Labute approximate surface area is 159 Å². The van der Waals surface area contributed by atoms with Gasteiger partial charge in [-0.3, -0.25) is 9.59 Å². The minimum absolute atomic E-state index is 0.00963. The largest absolute Gasteiger partial charge is 0.326 e.